The van der Waals surface area contributed by atoms with E-state index in [1.807, 2.05) is 13.0 Å². The number of phenolic OH excluding ortho intramolecular Hbond substituents is 1. The van der Waals surface area contributed by atoms with Gasteiger partial charge in [0.05, 0.1) is 12.5 Å². The molecule has 1 aromatic rings. The molecular formula is C23H33N5O6. The van der Waals surface area contributed by atoms with Crippen LogP contribution in [-0.4, -0.2) is 58.6 Å². The number of phenols is 1. The molecular weight excluding hydrogens is 442 g/mol. The number of benzene rings is 1. The molecule has 11 nitrogen and oxygen atoms in total. The standard InChI is InChI=1S/C23H33N5O6/c1-5-6-12-26-20(31)19(15-7-9-16(29)10-8-15)28(13-11-24)21(32)17(14-18(25)30)27-22(33)34-23(2,3)4/h7-10,17,19,29H,5-6,12-14H2,1-4H3,(H2,25,30)(H,26,31)(H,27,33). The summed E-state index contributed by atoms with van der Waals surface area (Å²) in [4.78, 5) is 51.4. The van der Waals surface area contributed by atoms with Gasteiger partial charge in [0.1, 0.15) is 30.0 Å². The number of alkyl carbamates (subject to hydrolysis) is 1. The number of amides is 4. The van der Waals surface area contributed by atoms with Gasteiger partial charge in [0, 0.05) is 6.54 Å². The van der Waals surface area contributed by atoms with Gasteiger partial charge >= 0.3 is 6.09 Å². The Kier molecular flexibility index (Phi) is 10.8. The van der Waals surface area contributed by atoms with Gasteiger partial charge in [-0.25, -0.2) is 4.79 Å². The van der Waals surface area contributed by atoms with Gasteiger partial charge in [-0.05, 0) is 44.9 Å². The molecule has 0 aromatic heterocycles. The van der Waals surface area contributed by atoms with Crippen molar-refractivity contribution in [2.24, 2.45) is 5.73 Å². The third kappa shape index (κ3) is 9.36. The highest BCUT2D eigenvalue weighted by molar-refractivity contribution is 5.94. The number of ether oxygens (including phenoxy) is 1. The van der Waals surface area contributed by atoms with Crippen molar-refractivity contribution in [2.75, 3.05) is 13.1 Å². The zero-order valence-electron chi connectivity index (χ0n) is 20.0. The number of carbonyl (C=O) groups excluding carboxylic acids is 4. The number of rotatable bonds is 11. The molecule has 0 spiro atoms. The Hall–Kier alpha value is -3.81. The lowest BCUT2D eigenvalue weighted by Crippen LogP contribution is -2.54. The molecule has 1 aromatic carbocycles. The highest BCUT2D eigenvalue weighted by atomic mass is 16.6. The van der Waals surface area contributed by atoms with Gasteiger partial charge in [0.15, 0.2) is 0 Å². The topological polar surface area (TPSA) is 175 Å². The summed E-state index contributed by atoms with van der Waals surface area (Å²) < 4.78 is 5.17. The third-order valence-corrected chi connectivity index (χ3v) is 4.52. The van der Waals surface area contributed by atoms with E-state index in [0.29, 0.717) is 18.5 Å². The number of unbranched alkanes of at least 4 members (excludes halogenated alkanes) is 1. The summed E-state index contributed by atoms with van der Waals surface area (Å²) in [7, 11) is 0. The van der Waals surface area contributed by atoms with Gasteiger partial charge in [0.25, 0.3) is 0 Å². The first kappa shape index (κ1) is 28.2. The maximum atomic E-state index is 13.5. The molecule has 0 fully saturated rings. The summed E-state index contributed by atoms with van der Waals surface area (Å²) in [6.07, 6.45) is -0.00622. The molecule has 0 aliphatic heterocycles. The summed E-state index contributed by atoms with van der Waals surface area (Å²) in [5, 5.41) is 24.1. The normalized spacial score (nSPS) is 12.6. The third-order valence-electron chi connectivity index (χ3n) is 4.52. The number of carbonyl (C=O) groups is 4. The molecule has 1 rings (SSSR count). The van der Waals surface area contributed by atoms with E-state index in [4.69, 9.17) is 10.5 Å². The van der Waals surface area contributed by atoms with Crippen LogP contribution in [0.4, 0.5) is 4.79 Å². The lowest BCUT2D eigenvalue weighted by atomic mass is 10.0. The number of nitrogens with two attached hydrogens (primary N) is 1. The quantitative estimate of drug-likeness (QED) is 0.277. The molecule has 2 unspecified atom stereocenters. The van der Waals surface area contributed by atoms with Crippen LogP contribution in [0.1, 0.15) is 58.6 Å². The van der Waals surface area contributed by atoms with E-state index >= 15 is 0 Å². The molecule has 0 aliphatic carbocycles. The van der Waals surface area contributed by atoms with Crippen LogP contribution in [0, 0.1) is 11.3 Å². The SMILES string of the molecule is CCCCNC(=O)C(c1ccc(O)cc1)N(CC#N)C(=O)C(CC(N)=O)NC(=O)OC(C)(C)C. The summed E-state index contributed by atoms with van der Waals surface area (Å²) in [6, 6.07) is 4.69. The second-order valence-electron chi connectivity index (χ2n) is 8.63. The van der Waals surface area contributed by atoms with Crippen LogP contribution in [-0.2, 0) is 19.1 Å². The highest BCUT2D eigenvalue weighted by Gasteiger charge is 2.36. The van der Waals surface area contributed by atoms with Crippen LogP contribution >= 0.6 is 0 Å². The van der Waals surface area contributed by atoms with Crippen LogP contribution < -0.4 is 16.4 Å². The number of hydrogen-bond donors (Lipinski definition) is 4. The van der Waals surface area contributed by atoms with Crippen molar-refractivity contribution >= 4 is 23.8 Å². The first-order valence-electron chi connectivity index (χ1n) is 10.9. The first-order chi connectivity index (χ1) is 15.9. The number of nitrogens with zero attached hydrogens (tertiary/aromatic N) is 2. The molecule has 0 saturated heterocycles. The molecule has 0 bridgehead atoms. The smallest absolute Gasteiger partial charge is 0.408 e. The molecule has 11 heteroatoms. The largest absolute Gasteiger partial charge is 0.508 e. The second kappa shape index (κ2) is 13.0. The Labute approximate surface area is 199 Å². The van der Waals surface area contributed by atoms with Crippen LogP contribution in [0.15, 0.2) is 24.3 Å². The van der Waals surface area contributed by atoms with E-state index in [0.717, 1.165) is 11.3 Å². The van der Waals surface area contributed by atoms with Crippen molar-refractivity contribution in [2.45, 2.75) is 64.6 Å². The lowest BCUT2D eigenvalue weighted by molar-refractivity contribution is -0.142. The van der Waals surface area contributed by atoms with Crippen molar-refractivity contribution in [3.8, 4) is 11.8 Å². The Morgan fingerprint density at radius 3 is 2.32 bits per heavy atom. The van der Waals surface area contributed by atoms with Crippen LogP contribution in [0.3, 0.4) is 0 Å². The Morgan fingerprint density at radius 2 is 1.82 bits per heavy atom. The highest BCUT2D eigenvalue weighted by Crippen LogP contribution is 2.24. The fourth-order valence-electron chi connectivity index (χ4n) is 3.04. The zero-order chi connectivity index (χ0) is 25.9. The number of hydrogen-bond acceptors (Lipinski definition) is 7. The number of primary amides is 1. The van der Waals surface area contributed by atoms with Crippen molar-refractivity contribution in [3.63, 3.8) is 0 Å². The average molecular weight is 476 g/mol. The Bertz CT molecular complexity index is 904. The van der Waals surface area contributed by atoms with Gasteiger partial charge in [-0.2, -0.15) is 5.26 Å². The minimum atomic E-state index is -1.47. The van der Waals surface area contributed by atoms with E-state index in [-0.39, 0.29) is 5.75 Å². The van der Waals surface area contributed by atoms with Crippen molar-refractivity contribution in [1.82, 2.24) is 15.5 Å². The maximum Gasteiger partial charge on any atom is 0.408 e. The van der Waals surface area contributed by atoms with E-state index in [2.05, 4.69) is 10.6 Å². The minimum absolute atomic E-state index is 0.0507. The van der Waals surface area contributed by atoms with Gasteiger partial charge in [-0.3, -0.25) is 14.4 Å². The van der Waals surface area contributed by atoms with Crippen LogP contribution in [0.2, 0.25) is 0 Å². The molecule has 4 amide bonds. The average Bonchev–Trinajstić information content (AvgIpc) is 2.72. The van der Waals surface area contributed by atoms with Gasteiger partial charge in [-0.15, -0.1) is 0 Å². The second-order valence-corrected chi connectivity index (χ2v) is 8.63. The van der Waals surface area contributed by atoms with E-state index in [9.17, 15) is 29.5 Å². The van der Waals surface area contributed by atoms with Crippen LogP contribution in [0.25, 0.3) is 0 Å². The number of nitriles is 1. The fourth-order valence-corrected chi connectivity index (χ4v) is 3.04. The van der Waals surface area contributed by atoms with Crippen molar-refractivity contribution in [3.05, 3.63) is 29.8 Å². The summed E-state index contributed by atoms with van der Waals surface area (Å²) in [5.41, 5.74) is 4.73. The van der Waals surface area contributed by atoms with Gasteiger partial charge in [-0.1, -0.05) is 25.5 Å². The van der Waals surface area contributed by atoms with Gasteiger partial charge < -0.3 is 31.1 Å². The molecule has 0 radical (unpaired) electrons. The molecule has 5 N–H and O–H groups in total. The number of aromatic hydroxyl groups is 1. The first-order valence-corrected chi connectivity index (χ1v) is 10.9. The Morgan fingerprint density at radius 1 is 1.21 bits per heavy atom. The fraction of sp³-hybridized carbons (Fsp3) is 0.522. The minimum Gasteiger partial charge on any atom is -0.508 e. The predicted octanol–water partition coefficient (Wildman–Crippen LogP) is 1.47. The van der Waals surface area contributed by atoms with Crippen molar-refractivity contribution < 1.29 is 29.0 Å². The van der Waals surface area contributed by atoms with Crippen LogP contribution in [0.5, 0.6) is 5.75 Å². The summed E-state index contributed by atoms with van der Waals surface area (Å²) in [6.45, 7) is 6.66. The molecule has 0 aliphatic rings. The van der Waals surface area contributed by atoms with E-state index < -0.39 is 54.5 Å². The molecule has 0 saturated carbocycles. The predicted molar refractivity (Wildman–Crippen MR) is 123 cm³/mol. The lowest BCUT2D eigenvalue weighted by Gasteiger charge is -2.32. The maximum absolute atomic E-state index is 13.5. The molecule has 0 heterocycles. The van der Waals surface area contributed by atoms with Gasteiger partial charge in [0.2, 0.25) is 17.7 Å². The molecule has 2 atom stereocenters. The molecule has 34 heavy (non-hydrogen) atoms. The summed E-state index contributed by atoms with van der Waals surface area (Å²) in [5.74, 6) is -2.35. The molecule has 186 valence electrons. The number of nitrogens with one attached hydrogen (secondary N) is 2. The summed E-state index contributed by atoms with van der Waals surface area (Å²) >= 11 is 0. The van der Waals surface area contributed by atoms with E-state index in [1.165, 1.54) is 24.3 Å². The van der Waals surface area contributed by atoms with Crippen molar-refractivity contribution in [1.29, 1.82) is 5.26 Å². The van der Waals surface area contributed by atoms with E-state index in [1.54, 1.807) is 20.8 Å². The Balaban J connectivity index is 3.37. The zero-order valence-corrected chi connectivity index (χ0v) is 20.0. The monoisotopic (exact) mass is 475 g/mol.